The number of fused-ring (bicyclic) bond motifs is 2. The number of carbonyl (C=O) groups excluding carboxylic acids is 1. The Morgan fingerprint density at radius 1 is 0.696 bits per heavy atom. The van der Waals surface area contributed by atoms with Crippen LogP contribution in [0.4, 0.5) is 0 Å². The van der Waals surface area contributed by atoms with Crippen LogP contribution in [-0.4, -0.2) is 19.9 Å². The highest BCUT2D eigenvalue weighted by Gasteiger charge is 2.42. The van der Waals surface area contributed by atoms with E-state index in [0.717, 1.165) is 63.9 Å². The van der Waals surface area contributed by atoms with Crippen LogP contribution in [0.15, 0.2) is 158 Å². The smallest absolute Gasteiger partial charge is 0.168 e. The van der Waals surface area contributed by atoms with Gasteiger partial charge < -0.3 is 9.13 Å². The van der Waals surface area contributed by atoms with Gasteiger partial charge in [0.1, 0.15) is 5.54 Å². The van der Waals surface area contributed by atoms with Crippen molar-refractivity contribution in [2.75, 3.05) is 0 Å². The fourth-order valence-corrected chi connectivity index (χ4v) is 7.52. The van der Waals surface area contributed by atoms with Crippen LogP contribution in [0.25, 0.3) is 10.9 Å². The number of aromatic nitrogens is 3. The van der Waals surface area contributed by atoms with Crippen molar-refractivity contribution in [2.24, 2.45) is 5.92 Å². The summed E-state index contributed by atoms with van der Waals surface area (Å²) >= 11 is 0. The molecule has 8 rings (SSSR count). The lowest BCUT2D eigenvalue weighted by atomic mass is 9.75. The van der Waals surface area contributed by atoms with Crippen LogP contribution in [0.5, 0.6) is 0 Å². The summed E-state index contributed by atoms with van der Waals surface area (Å²) < 4.78 is 4.59. The van der Waals surface area contributed by atoms with Crippen LogP contribution in [0.1, 0.15) is 50.4 Å². The summed E-state index contributed by atoms with van der Waals surface area (Å²) in [6.07, 6.45) is 6.29. The molecule has 0 saturated heterocycles. The molecule has 1 atom stereocenters. The molecule has 0 aliphatic heterocycles. The molecule has 2 heterocycles. The predicted molar refractivity (Wildman–Crippen MR) is 184 cm³/mol. The molecule has 5 aromatic carbocycles. The predicted octanol–water partition coefficient (Wildman–Crippen LogP) is 8.71. The summed E-state index contributed by atoms with van der Waals surface area (Å²) in [5, 5.41) is 1.02. The van der Waals surface area contributed by atoms with E-state index >= 15 is 0 Å². The third-order valence-corrected chi connectivity index (χ3v) is 9.68. The summed E-state index contributed by atoms with van der Waals surface area (Å²) in [5.41, 5.74) is 8.16. The summed E-state index contributed by atoms with van der Waals surface area (Å²) in [4.78, 5) is 19.6. The van der Waals surface area contributed by atoms with Gasteiger partial charge in [-0.05, 0) is 47.6 Å². The summed E-state index contributed by atoms with van der Waals surface area (Å²) in [5.74, 6) is 0.0742. The average molecular weight is 598 g/mol. The minimum atomic E-state index is -0.652. The van der Waals surface area contributed by atoms with E-state index in [1.165, 1.54) is 5.56 Å². The van der Waals surface area contributed by atoms with Gasteiger partial charge in [0.15, 0.2) is 5.78 Å². The van der Waals surface area contributed by atoms with Gasteiger partial charge in [0, 0.05) is 40.8 Å². The SMILES string of the molecule is O=C(c1cn(Cc2ccccc2)c2ccccc12)C1CCc2ncn(C(c3ccccc3)(c3ccccc3)c3ccccc3)c2C1. The zero-order valence-corrected chi connectivity index (χ0v) is 25.7. The largest absolute Gasteiger partial charge is 0.342 e. The topological polar surface area (TPSA) is 39.8 Å². The number of aryl methyl sites for hydroxylation is 1. The molecule has 4 heteroatoms. The van der Waals surface area contributed by atoms with E-state index in [1.54, 1.807) is 0 Å². The molecular formula is C42H35N3O. The number of benzene rings is 5. The third-order valence-electron chi connectivity index (χ3n) is 9.68. The first-order chi connectivity index (χ1) is 22.7. The number of ketones is 1. The van der Waals surface area contributed by atoms with E-state index in [9.17, 15) is 4.79 Å². The molecule has 0 fully saturated rings. The van der Waals surface area contributed by atoms with Crippen molar-refractivity contribution in [2.45, 2.75) is 31.3 Å². The first kappa shape index (κ1) is 28.0. The molecule has 0 N–H and O–H groups in total. The van der Waals surface area contributed by atoms with Crippen molar-refractivity contribution in [3.05, 3.63) is 197 Å². The van der Waals surface area contributed by atoms with E-state index in [4.69, 9.17) is 4.98 Å². The second-order valence-corrected chi connectivity index (χ2v) is 12.3. The Bertz CT molecular complexity index is 2020. The van der Waals surface area contributed by atoms with Crippen molar-refractivity contribution >= 4 is 16.7 Å². The van der Waals surface area contributed by atoms with Gasteiger partial charge in [-0.1, -0.05) is 140 Å². The van der Waals surface area contributed by atoms with Gasteiger partial charge >= 0.3 is 0 Å². The molecule has 224 valence electrons. The van der Waals surface area contributed by atoms with Crippen LogP contribution < -0.4 is 0 Å². The van der Waals surface area contributed by atoms with Crippen molar-refractivity contribution in [1.82, 2.24) is 14.1 Å². The van der Waals surface area contributed by atoms with Crippen LogP contribution in [0, 0.1) is 5.92 Å². The number of hydrogen-bond acceptors (Lipinski definition) is 2. The van der Waals surface area contributed by atoms with Gasteiger partial charge in [-0.3, -0.25) is 4.79 Å². The minimum Gasteiger partial charge on any atom is -0.342 e. The normalized spacial score (nSPS) is 14.7. The zero-order chi connectivity index (χ0) is 30.9. The molecule has 2 aromatic heterocycles. The third kappa shape index (κ3) is 4.69. The highest BCUT2D eigenvalue weighted by atomic mass is 16.1. The van der Waals surface area contributed by atoms with E-state index < -0.39 is 5.54 Å². The molecule has 4 nitrogen and oxygen atoms in total. The van der Waals surface area contributed by atoms with Gasteiger partial charge in [0.25, 0.3) is 0 Å². The lowest BCUT2D eigenvalue weighted by Gasteiger charge is -2.39. The van der Waals surface area contributed by atoms with Crippen molar-refractivity contribution in [3.63, 3.8) is 0 Å². The molecule has 1 unspecified atom stereocenters. The molecule has 0 radical (unpaired) electrons. The van der Waals surface area contributed by atoms with Crippen molar-refractivity contribution in [1.29, 1.82) is 0 Å². The fraction of sp³-hybridized carbons (Fsp3) is 0.143. The lowest BCUT2D eigenvalue weighted by Crippen LogP contribution is -2.39. The Balaban J connectivity index is 1.24. The Labute approximate surface area is 269 Å². The second kappa shape index (κ2) is 11.8. The molecule has 0 saturated carbocycles. The molecule has 0 spiro atoms. The van der Waals surface area contributed by atoms with Crippen LogP contribution in [-0.2, 0) is 24.9 Å². The molecule has 1 aliphatic carbocycles. The van der Waals surface area contributed by atoms with Crippen molar-refractivity contribution < 1.29 is 4.79 Å². The standard InChI is InChI=1S/C42H35N3O/c46-41(37-29-44(28-31-15-5-1-6-16-31)39-24-14-13-23-36(37)39)32-25-26-38-40(27-32)45(30-43-38)42(33-17-7-2-8-18-33,34-19-9-3-10-20-34)35-21-11-4-12-22-35/h1-24,29-30,32H,25-28H2. The lowest BCUT2D eigenvalue weighted by molar-refractivity contribution is 0.0908. The first-order valence-corrected chi connectivity index (χ1v) is 16.1. The van der Waals surface area contributed by atoms with Crippen LogP contribution in [0.2, 0.25) is 0 Å². The highest BCUT2D eigenvalue weighted by molar-refractivity contribution is 6.09. The Morgan fingerprint density at radius 2 is 1.24 bits per heavy atom. The van der Waals surface area contributed by atoms with Crippen LogP contribution in [0.3, 0.4) is 0 Å². The van der Waals surface area contributed by atoms with E-state index in [0.29, 0.717) is 6.42 Å². The number of hydrogen-bond donors (Lipinski definition) is 0. The maximum atomic E-state index is 14.5. The maximum absolute atomic E-state index is 14.5. The molecule has 1 aliphatic rings. The summed E-state index contributed by atoms with van der Waals surface area (Å²) in [6.45, 7) is 0.726. The molecule has 0 amide bonds. The minimum absolute atomic E-state index is 0.140. The van der Waals surface area contributed by atoms with Gasteiger partial charge in [0.2, 0.25) is 0 Å². The summed E-state index contributed by atoms with van der Waals surface area (Å²) in [6, 6.07) is 50.8. The Kier molecular flexibility index (Phi) is 7.18. The molecular weight excluding hydrogens is 562 g/mol. The monoisotopic (exact) mass is 597 g/mol. The van der Waals surface area contributed by atoms with E-state index in [-0.39, 0.29) is 11.7 Å². The average Bonchev–Trinajstić information content (AvgIpc) is 3.72. The Morgan fingerprint density at radius 3 is 1.85 bits per heavy atom. The van der Waals surface area contributed by atoms with Gasteiger partial charge in [-0.15, -0.1) is 0 Å². The second-order valence-electron chi connectivity index (χ2n) is 12.3. The van der Waals surface area contributed by atoms with Gasteiger partial charge in [-0.25, -0.2) is 4.98 Å². The quantitative estimate of drug-likeness (QED) is 0.130. The fourth-order valence-electron chi connectivity index (χ4n) is 7.52. The van der Waals surface area contributed by atoms with Gasteiger partial charge in [0.05, 0.1) is 12.0 Å². The number of nitrogens with zero attached hydrogens (tertiary/aromatic N) is 3. The van der Waals surface area contributed by atoms with E-state index in [1.807, 2.05) is 18.5 Å². The Hall–Kier alpha value is -5.48. The highest BCUT2D eigenvalue weighted by Crippen LogP contribution is 2.43. The van der Waals surface area contributed by atoms with Crippen LogP contribution >= 0.6 is 0 Å². The van der Waals surface area contributed by atoms with E-state index in [2.05, 4.69) is 149 Å². The molecule has 7 aromatic rings. The molecule has 46 heavy (non-hydrogen) atoms. The van der Waals surface area contributed by atoms with Gasteiger partial charge in [-0.2, -0.15) is 0 Å². The number of para-hydroxylation sites is 1. The zero-order valence-electron chi connectivity index (χ0n) is 25.7. The number of imidazole rings is 1. The number of carbonyl (C=O) groups is 1. The summed E-state index contributed by atoms with van der Waals surface area (Å²) in [7, 11) is 0. The van der Waals surface area contributed by atoms with Crippen molar-refractivity contribution in [3.8, 4) is 0 Å². The maximum Gasteiger partial charge on any atom is 0.168 e. The molecule has 0 bridgehead atoms. The number of rotatable bonds is 8. The first-order valence-electron chi connectivity index (χ1n) is 16.1. The number of Topliss-reactive ketones (excluding diaryl/α,β-unsaturated/α-hetero) is 1.